The summed E-state index contributed by atoms with van der Waals surface area (Å²) in [5, 5.41) is 9.66. The van der Waals surface area contributed by atoms with Crippen LogP contribution >= 0.6 is 0 Å². The standard InChI is InChI=1S/C14H28O2/c1-2-3-4-5-6-7-8-9-10-11-12-13-14-16-15/h14H,2-13H2,1H3. The van der Waals surface area contributed by atoms with Crippen molar-refractivity contribution in [2.24, 2.45) is 0 Å². The zero-order valence-electron chi connectivity index (χ0n) is 10.9. The van der Waals surface area contributed by atoms with Gasteiger partial charge < -0.3 is 5.26 Å². The summed E-state index contributed by atoms with van der Waals surface area (Å²) in [6.45, 7) is 2.26. The zero-order valence-corrected chi connectivity index (χ0v) is 10.9. The minimum absolute atomic E-state index is 0.806. The van der Waals surface area contributed by atoms with Crippen molar-refractivity contribution in [3.8, 4) is 0 Å². The molecule has 0 atom stereocenters. The van der Waals surface area contributed by atoms with Gasteiger partial charge in [0.05, 0.1) is 6.42 Å². The van der Waals surface area contributed by atoms with Crippen LogP contribution in [-0.4, -0.2) is 6.29 Å². The summed E-state index contributed by atoms with van der Waals surface area (Å²) in [5.41, 5.74) is 0. The molecule has 16 heavy (non-hydrogen) atoms. The molecule has 0 spiro atoms. The molecule has 0 aromatic rings. The van der Waals surface area contributed by atoms with Gasteiger partial charge in [-0.25, -0.2) is 0 Å². The molecule has 0 heterocycles. The highest BCUT2D eigenvalue weighted by molar-refractivity contribution is 5.49. The van der Waals surface area contributed by atoms with Gasteiger partial charge in [-0.3, -0.25) is 0 Å². The van der Waals surface area contributed by atoms with E-state index in [0.29, 0.717) is 0 Å². The van der Waals surface area contributed by atoms with Crippen molar-refractivity contribution in [2.45, 2.75) is 84.0 Å². The van der Waals surface area contributed by atoms with E-state index in [1.807, 2.05) is 0 Å². The van der Waals surface area contributed by atoms with E-state index in [2.05, 4.69) is 11.5 Å². The molecule has 0 aliphatic heterocycles. The van der Waals surface area contributed by atoms with Crippen LogP contribution in [0, 0.1) is 0 Å². The lowest BCUT2D eigenvalue weighted by molar-refractivity contribution is -1.04. The highest BCUT2D eigenvalue weighted by Crippen LogP contribution is 2.11. The molecule has 0 saturated carbocycles. The Bertz CT molecular complexity index is 144. The number of aldehydes is 1. The summed E-state index contributed by atoms with van der Waals surface area (Å²) >= 11 is 0. The fourth-order valence-electron chi connectivity index (χ4n) is 1.94. The Hall–Kier alpha value is -0.530. The van der Waals surface area contributed by atoms with Crippen LogP contribution in [0.2, 0.25) is 0 Å². The monoisotopic (exact) mass is 228 g/mol. The Morgan fingerprint density at radius 2 is 1.19 bits per heavy atom. The molecule has 0 aromatic heterocycles. The van der Waals surface area contributed by atoms with Crippen LogP contribution in [0.25, 0.3) is 0 Å². The molecule has 0 bridgehead atoms. The van der Waals surface area contributed by atoms with E-state index in [4.69, 9.17) is 0 Å². The Kier molecular flexibility index (Phi) is 14.0. The topological polar surface area (TPSA) is 34.4 Å². The maximum Gasteiger partial charge on any atom is 0.318 e. The first-order valence-electron chi connectivity index (χ1n) is 7.02. The molecule has 96 valence electrons. The molecule has 0 rings (SSSR count). The maximum atomic E-state index is 9.66. The Morgan fingerprint density at radius 3 is 1.62 bits per heavy atom. The van der Waals surface area contributed by atoms with Gasteiger partial charge in [-0.15, -0.1) is 0 Å². The van der Waals surface area contributed by atoms with Crippen molar-refractivity contribution in [1.29, 1.82) is 0 Å². The van der Waals surface area contributed by atoms with E-state index in [1.54, 1.807) is 0 Å². The third-order valence-corrected chi connectivity index (χ3v) is 2.99. The Morgan fingerprint density at radius 1 is 0.750 bits per heavy atom. The largest absolute Gasteiger partial charge is 0.463 e. The van der Waals surface area contributed by atoms with Crippen LogP contribution in [0.5, 0.6) is 0 Å². The van der Waals surface area contributed by atoms with Crippen LogP contribution in [0.3, 0.4) is 0 Å². The molecule has 0 fully saturated rings. The van der Waals surface area contributed by atoms with Crippen LogP contribution in [-0.2, 0) is 4.58 Å². The molecule has 0 aromatic carbocycles. The first-order valence-corrected chi connectivity index (χ1v) is 7.02. The quantitative estimate of drug-likeness (QED) is 0.165. The lowest BCUT2D eigenvalue weighted by atomic mass is 10.1. The third kappa shape index (κ3) is 13.5. The van der Waals surface area contributed by atoms with E-state index in [-0.39, 0.29) is 0 Å². The van der Waals surface area contributed by atoms with Gasteiger partial charge in [0, 0.05) is 0 Å². The molecule has 0 amide bonds. The lowest BCUT2D eigenvalue weighted by Crippen LogP contribution is -1.96. The first kappa shape index (κ1) is 15.5. The van der Waals surface area contributed by atoms with Gasteiger partial charge in [0.15, 0.2) is 0 Å². The van der Waals surface area contributed by atoms with Crippen molar-refractivity contribution >= 4 is 6.29 Å². The summed E-state index contributed by atoms with van der Waals surface area (Å²) < 4.78 is 3.66. The molecular weight excluding hydrogens is 200 g/mol. The average molecular weight is 228 g/mol. The number of hydrogen-bond donors (Lipinski definition) is 0. The maximum absolute atomic E-state index is 9.66. The lowest BCUT2D eigenvalue weighted by Gasteiger charge is -2.01. The molecule has 0 radical (unpaired) electrons. The average Bonchev–Trinajstić information content (AvgIpc) is 2.31. The van der Waals surface area contributed by atoms with Crippen LogP contribution < -0.4 is 5.26 Å². The summed E-state index contributed by atoms with van der Waals surface area (Å²) in [7, 11) is 0. The number of carbonyl (C=O) groups excluding carboxylic acids is 1. The summed E-state index contributed by atoms with van der Waals surface area (Å²) in [6, 6.07) is 0. The molecule has 0 N–H and O–H groups in total. The first-order chi connectivity index (χ1) is 7.91. The van der Waals surface area contributed by atoms with Crippen molar-refractivity contribution in [3.05, 3.63) is 0 Å². The second-order valence-corrected chi connectivity index (χ2v) is 4.59. The van der Waals surface area contributed by atoms with Crippen molar-refractivity contribution in [2.75, 3.05) is 0 Å². The predicted octanol–water partition coefficient (Wildman–Crippen LogP) is 3.70. The number of hydrogen-bond acceptors (Lipinski definition) is 1. The zero-order chi connectivity index (χ0) is 11.9. The molecule has 2 nitrogen and oxygen atoms in total. The number of unbranched alkanes of at least 4 members (excludes halogenated alkanes) is 11. The predicted molar refractivity (Wildman–Crippen MR) is 67.1 cm³/mol. The van der Waals surface area contributed by atoms with Crippen LogP contribution in [0.4, 0.5) is 0 Å². The molecule has 0 aliphatic rings. The van der Waals surface area contributed by atoms with Crippen LogP contribution in [0.1, 0.15) is 84.0 Å². The SMILES string of the molecule is CCCCCCCCCCCCCC=[O+][O-]. The van der Waals surface area contributed by atoms with E-state index >= 15 is 0 Å². The van der Waals surface area contributed by atoms with Crippen LogP contribution in [0.15, 0.2) is 0 Å². The van der Waals surface area contributed by atoms with Gasteiger partial charge in [-0.05, 0) is 6.42 Å². The fraction of sp³-hybridized carbons (Fsp3) is 0.929. The van der Waals surface area contributed by atoms with Gasteiger partial charge in [0.1, 0.15) is 0 Å². The van der Waals surface area contributed by atoms with Gasteiger partial charge in [0.25, 0.3) is 0 Å². The van der Waals surface area contributed by atoms with E-state index in [1.165, 1.54) is 70.5 Å². The van der Waals surface area contributed by atoms with Gasteiger partial charge in [0.2, 0.25) is 0 Å². The smallest absolute Gasteiger partial charge is 0.318 e. The van der Waals surface area contributed by atoms with Gasteiger partial charge in [-0.1, -0.05) is 71.1 Å². The molecule has 2 heteroatoms. The fourth-order valence-corrected chi connectivity index (χ4v) is 1.94. The highest BCUT2D eigenvalue weighted by atomic mass is 17.1. The molecular formula is C14H28O2. The van der Waals surface area contributed by atoms with E-state index < -0.39 is 0 Å². The molecule has 0 saturated heterocycles. The highest BCUT2D eigenvalue weighted by Gasteiger charge is 1.93. The Balaban J connectivity index is 2.88. The normalized spacial score (nSPS) is 11.3. The Labute approximate surface area is 101 Å². The summed E-state index contributed by atoms with van der Waals surface area (Å²) in [6.07, 6.45) is 16.9. The van der Waals surface area contributed by atoms with Crippen molar-refractivity contribution < 1.29 is 9.83 Å². The minimum atomic E-state index is 0.806. The van der Waals surface area contributed by atoms with Crippen molar-refractivity contribution in [1.82, 2.24) is 0 Å². The molecule has 0 aliphatic carbocycles. The van der Waals surface area contributed by atoms with Gasteiger partial charge >= 0.3 is 6.29 Å². The minimum Gasteiger partial charge on any atom is -0.463 e. The number of rotatable bonds is 12. The third-order valence-electron chi connectivity index (χ3n) is 2.99. The van der Waals surface area contributed by atoms with Crippen molar-refractivity contribution in [3.63, 3.8) is 0 Å². The van der Waals surface area contributed by atoms with Gasteiger partial charge in [-0.2, -0.15) is 4.58 Å². The molecule has 0 unspecified atom stereocenters. The summed E-state index contributed by atoms with van der Waals surface area (Å²) in [4.78, 5) is 0. The summed E-state index contributed by atoms with van der Waals surface area (Å²) in [5.74, 6) is 0. The van der Waals surface area contributed by atoms with E-state index in [0.717, 1.165) is 12.8 Å². The second-order valence-electron chi connectivity index (χ2n) is 4.59. The van der Waals surface area contributed by atoms with E-state index in [9.17, 15) is 5.26 Å². The second kappa shape index (κ2) is 14.5.